The highest BCUT2D eigenvalue weighted by molar-refractivity contribution is 7.89. The van der Waals surface area contributed by atoms with Crippen LogP contribution in [0.1, 0.15) is 4.88 Å². The molecule has 2 rings (SSSR count). The topological polar surface area (TPSA) is 72.5 Å². The predicted octanol–water partition coefficient (Wildman–Crippen LogP) is 2.66. The summed E-state index contributed by atoms with van der Waals surface area (Å²) in [6, 6.07) is 8.75. The predicted molar refractivity (Wildman–Crippen MR) is 80.8 cm³/mol. The highest BCUT2D eigenvalue weighted by Crippen LogP contribution is 2.43. The summed E-state index contributed by atoms with van der Waals surface area (Å²) in [6.07, 6.45) is -5.26. The fourth-order valence-electron chi connectivity index (χ4n) is 2.01. The molecule has 0 aliphatic carbocycles. The van der Waals surface area contributed by atoms with Gasteiger partial charge in [-0.15, -0.1) is 11.3 Å². The van der Waals surface area contributed by atoms with E-state index >= 15 is 0 Å². The van der Waals surface area contributed by atoms with Crippen LogP contribution < -0.4 is 4.72 Å². The van der Waals surface area contributed by atoms with Gasteiger partial charge in [0, 0.05) is 4.88 Å². The molecule has 1 aromatic carbocycles. The van der Waals surface area contributed by atoms with Crippen molar-refractivity contribution in [1.82, 2.24) is 4.72 Å². The molecule has 1 N–H and O–H groups in total. The van der Waals surface area contributed by atoms with Gasteiger partial charge in [0.2, 0.25) is 10.0 Å². The van der Waals surface area contributed by atoms with Gasteiger partial charge in [0.25, 0.3) is 5.54 Å². The maximum absolute atomic E-state index is 13.8. The number of alkyl halides is 3. The molecule has 10 heteroatoms. The Morgan fingerprint density at radius 1 is 1.12 bits per heavy atom. The Kier molecular flexibility index (Phi) is 5.02. The summed E-state index contributed by atoms with van der Waals surface area (Å²) in [7, 11) is -3.89. The van der Waals surface area contributed by atoms with E-state index in [1.165, 1.54) is 34.4 Å². The zero-order valence-electron chi connectivity index (χ0n) is 12.2. The van der Waals surface area contributed by atoms with Gasteiger partial charge in [-0.1, -0.05) is 24.3 Å². The van der Waals surface area contributed by atoms with Gasteiger partial charge in [0.1, 0.15) is 0 Å². The third kappa shape index (κ3) is 3.17. The van der Waals surface area contributed by atoms with Gasteiger partial charge >= 0.3 is 12.1 Å². The molecule has 1 heterocycles. The van der Waals surface area contributed by atoms with E-state index in [0.717, 1.165) is 25.3 Å². The standard InChI is InChI=1S/C14H12F3NO4S2/c1-22-12(19)13(14(15,16)17,11-8-5-9-23-11)18-24(20,21)10-6-3-2-4-7-10/h2-9,18H,1H3/t13-/m1/s1. The van der Waals surface area contributed by atoms with Crippen LogP contribution in [-0.4, -0.2) is 27.7 Å². The Morgan fingerprint density at radius 2 is 1.75 bits per heavy atom. The number of ether oxygens (including phenoxy) is 1. The Bertz CT molecular complexity index is 804. The summed E-state index contributed by atoms with van der Waals surface area (Å²) in [4.78, 5) is 11.1. The number of hydrogen-bond donors (Lipinski definition) is 1. The molecule has 0 radical (unpaired) electrons. The van der Waals surface area contributed by atoms with Crippen molar-refractivity contribution in [1.29, 1.82) is 0 Å². The van der Waals surface area contributed by atoms with Crippen LogP contribution in [0.2, 0.25) is 0 Å². The van der Waals surface area contributed by atoms with Gasteiger partial charge in [-0.2, -0.15) is 17.9 Å². The third-order valence-electron chi connectivity index (χ3n) is 3.15. The van der Waals surface area contributed by atoms with Gasteiger partial charge in [-0.25, -0.2) is 13.2 Å². The smallest absolute Gasteiger partial charge is 0.423 e. The lowest BCUT2D eigenvalue weighted by atomic mass is 9.98. The second-order valence-electron chi connectivity index (χ2n) is 4.64. The Labute approximate surface area is 140 Å². The molecule has 0 unspecified atom stereocenters. The Balaban J connectivity index is 2.66. The molecule has 0 aliphatic rings. The third-order valence-corrected chi connectivity index (χ3v) is 5.61. The zero-order valence-corrected chi connectivity index (χ0v) is 13.8. The summed E-state index contributed by atoms with van der Waals surface area (Å²) >= 11 is 0.589. The lowest BCUT2D eigenvalue weighted by Crippen LogP contribution is -2.61. The first-order valence-electron chi connectivity index (χ1n) is 6.43. The Hall–Kier alpha value is -1.91. The molecule has 2 aromatic rings. The molecule has 24 heavy (non-hydrogen) atoms. The number of hydrogen-bond acceptors (Lipinski definition) is 5. The number of thiophene rings is 1. The van der Waals surface area contributed by atoms with E-state index in [1.807, 2.05) is 0 Å². The van der Waals surface area contributed by atoms with Crippen molar-refractivity contribution in [3.63, 3.8) is 0 Å². The second-order valence-corrected chi connectivity index (χ2v) is 7.27. The molecule has 1 aromatic heterocycles. The van der Waals surface area contributed by atoms with Gasteiger partial charge in [0.15, 0.2) is 0 Å². The number of esters is 1. The summed E-state index contributed by atoms with van der Waals surface area (Å²) in [5, 5.41) is 1.30. The number of sulfonamides is 1. The molecule has 1 atom stereocenters. The number of carbonyl (C=O) groups excluding carboxylic acids is 1. The van der Waals surface area contributed by atoms with E-state index in [-0.39, 0.29) is 0 Å². The molecule has 0 bridgehead atoms. The molecule has 0 aliphatic heterocycles. The lowest BCUT2D eigenvalue weighted by molar-refractivity contribution is -0.210. The van der Waals surface area contributed by atoms with Crippen LogP contribution >= 0.6 is 11.3 Å². The molecule has 130 valence electrons. The lowest BCUT2D eigenvalue weighted by Gasteiger charge is -2.32. The maximum Gasteiger partial charge on any atom is 0.423 e. The van der Waals surface area contributed by atoms with E-state index < -0.39 is 37.5 Å². The normalized spacial score (nSPS) is 14.8. The van der Waals surface area contributed by atoms with Gasteiger partial charge < -0.3 is 4.74 Å². The Morgan fingerprint density at radius 3 is 2.21 bits per heavy atom. The summed E-state index contributed by atoms with van der Waals surface area (Å²) in [5.74, 6) is -1.77. The van der Waals surface area contributed by atoms with E-state index in [1.54, 1.807) is 0 Å². The highest BCUT2D eigenvalue weighted by Gasteiger charge is 2.65. The first kappa shape index (κ1) is 18.4. The van der Waals surface area contributed by atoms with E-state index in [2.05, 4.69) is 4.74 Å². The number of halogens is 3. The molecular formula is C14H12F3NO4S2. The molecular weight excluding hydrogens is 367 g/mol. The van der Waals surface area contributed by atoms with Crippen LogP contribution in [0.15, 0.2) is 52.7 Å². The van der Waals surface area contributed by atoms with Crippen molar-refractivity contribution in [3.05, 3.63) is 52.7 Å². The first-order valence-corrected chi connectivity index (χ1v) is 8.79. The van der Waals surface area contributed by atoms with Crippen LogP contribution in [0.3, 0.4) is 0 Å². The van der Waals surface area contributed by atoms with E-state index in [4.69, 9.17) is 0 Å². The summed E-state index contributed by atoms with van der Waals surface area (Å²) in [5.41, 5.74) is -3.52. The largest absolute Gasteiger partial charge is 0.467 e. The molecule has 0 amide bonds. The minimum atomic E-state index is -5.26. The summed E-state index contributed by atoms with van der Waals surface area (Å²) in [6.45, 7) is 0. The van der Waals surface area contributed by atoms with Crippen LogP contribution in [-0.2, 0) is 25.1 Å². The van der Waals surface area contributed by atoms with Crippen molar-refractivity contribution in [2.24, 2.45) is 0 Å². The number of nitrogens with one attached hydrogen (secondary N) is 1. The monoisotopic (exact) mass is 379 g/mol. The first-order chi connectivity index (χ1) is 11.1. The fourth-order valence-corrected chi connectivity index (χ4v) is 4.31. The number of methoxy groups -OCH3 is 1. The van der Waals surface area contributed by atoms with Crippen molar-refractivity contribution in [2.75, 3.05) is 7.11 Å². The maximum atomic E-state index is 13.8. The van der Waals surface area contributed by atoms with Crippen molar-refractivity contribution >= 4 is 27.3 Å². The minimum absolute atomic E-state index is 0.404. The van der Waals surface area contributed by atoms with Gasteiger partial charge in [-0.05, 0) is 23.6 Å². The van der Waals surface area contributed by atoms with Crippen LogP contribution in [0.5, 0.6) is 0 Å². The van der Waals surface area contributed by atoms with Crippen molar-refractivity contribution in [2.45, 2.75) is 16.6 Å². The molecule has 0 saturated heterocycles. The van der Waals surface area contributed by atoms with Crippen LogP contribution in [0.25, 0.3) is 0 Å². The summed E-state index contributed by atoms with van der Waals surface area (Å²) < 4.78 is 72.0. The molecule has 0 spiro atoms. The fraction of sp³-hybridized carbons (Fsp3) is 0.214. The molecule has 0 saturated carbocycles. The zero-order chi connectivity index (χ0) is 18.0. The van der Waals surface area contributed by atoms with Crippen LogP contribution in [0.4, 0.5) is 13.2 Å². The van der Waals surface area contributed by atoms with Gasteiger partial charge in [-0.3, -0.25) is 0 Å². The molecule has 0 fully saturated rings. The van der Waals surface area contributed by atoms with Crippen LogP contribution in [0, 0.1) is 0 Å². The van der Waals surface area contributed by atoms with Crippen molar-refractivity contribution in [3.8, 4) is 0 Å². The average Bonchev–Trinajstić information content (AvgIpc) is 3.06. The van der Waals surface area contributed by atoms with Crippen molar-refractivity contribution < 1.29 is 31.1 Å². The quantitative estimate of drug-likeness (QED) is 0.811. The number of carbonyl (C=O) groups is 1. The molecule has 5 nitrogen and oxygen atoms in total. The minimum Gasteiger partial charge on any atom is -0.467 e. The average molecular weight is 379 g/mol. The van der Waals surface area contributed by atoms with E-state index in [0.29, 0.717) is 11.3 Å². The second kappa shape index (κ2) is 6.54. The number of benzene rings is 1. The van der Waals surface area contributed by atoms with Gasteiger partial charge in [0.05, 0.1) is 12.0 Å². The van der Waals surface area contributed by atoms with E-state index in [9.17, 15) is 26.4 Å². The number of rotatable bonds is 5. The highest BCUT2D eigenvalue weighted by atomic mass is 32.2. The SMILES string of the molecule is COC(=O)[C@](NS(=O)(=O)c1ccccc1)(c1cccs1)C(F)(F)F.